The van der Waals surface area contributed by atoms with Crippen molar-refractivity contribution in [3.8, 4) is 0 Å². The van der Waals surface area contributed by atoms with Crippen molar-refractivity contribution in [1.82, 2.24) is 10.6 Å². The van der Waals surface area contributed by atoms with Gasteiger partial charge in [-0.25, -0.2) is 4.39 Å². The van der Waals surface area contributed by atoms with Gasteiger partial charge in [0, 0.05) is 29.7 Å². The van der Waals surface area contributed by atoms with Crippen LogP contribution in [0.1, 0.15) is 12.0 Å². The van der Waals surface area contributed by atoms with E-state index < -0.39 is 0 Å². The van der Waals surface area contributed by atoms with Gasteiger partial charge in [0.05, 0.1) is 12.7 Å². The molecule has 100 valence electrons. The normalized spacial score (nSPS) is 20.0. The van der Waals surface area contributed by atoms with Gasteiger partial charge in [0.15, 0.2) is 0 Å². The summed E-state index contributed by atoms with van der Waals surface area (Å²) in [5, 5.41) is 6.54. The van der Waals surface area contributed by atoms with Crippen LogP contribution in [0.4, 0.5) is 4.39 Å². The van der Waals surface area contributed by atoms with Crippen LogP contribution >= 0.6 is 15.9 Å². The summed E-state index contributed by atoms with van der Waals surface area (Å²) in [5.74, 6) is -0.165. The monoisotopic (exact) mass is 316 g/mol. The van der Waals surface area contributed by atoms with Gasteiger partial charge in [-0.1, -0.05) is 15.9 Å². The molecule has 1 unspecified atom stereocenters. The Labute approximate surface area is 115 Å². The lowest BCUT2D eigenvalue weighted by Crippen LogP contribution is -2.39. The number of nitrogens with one attached hydrogen (secondary N) is 2. The highest BCUT2D eigenvalue weighted by Crippen LogP contribution is 2.15. The fourth-order valence-corrected chi connectivity index (χ4v) is 2.38. The molecule has 0 saturated carbocycles. The van der Waals surface area contributed by atoms with Crippen molar-refractivity contribution in [2.75, 3.05) is 26.2 Å². The summed E-state index contributed by atoms with van der Waals surface area (Å²) >= 11 is 3.35. The molecule has 0 radical (unpaired) electrons. The largest absolute Gasteiger partial charge is 0.376 e. The van der Waals surface area contributed by atoms with Crippen molar-refractivity contribution in [1.29, 1.82) is 0 Å². The quantitative estimate of drug-likeness (QED) is 0.816. The van der Waals surface area contributed by atoms with Crippen molar-refractivity contribution < 1.29 is 9.13 Å². The van der Waals surface area contributed by atoms with E-state index in [1.165, 1.54) is 6.07 Å². The summed E-state index contributed by atoms with van der Waals surface area (Å²) in [6, 6.07) is 5.00. The molecule has 1 heterocycles. The third kappa shape index (κ3) is 4.31. The molecule has 1 aromatic rings. The first-order chi connectivity index (χ1) is 8.75. The molecular weight excluding hydrogens is 299 g/mol. The van der Waals surface area contributed by atoms with Crippen LogP contribution in [-0.2, 0) is 11.3 Å². The molecule has 1 saturated heterocycles. The minimum atomic E-state index is -0.165. The van der Waals surface area contributed by atoms with Gasteiger partial charge in [-0.2, -0.15) is 0 Å². The molecule has 0 aromatic heterocycles. The number of halogens is 2. The van der Waals surface area contributed by atoms with Crippen LogP contribution in [0.15, 0.2) is 22.7 Å². The Morgan fingerprint density at radius 3 is 3.17 bits per heavy atom. The molecule has 1 aliphatic rings. The lowest BCUT2D eigenvalue weighted by atomic mass is 10.2. The second-order valence-corrected chi connectivity index (χ2v) is 5.31. The van der Waals surface area contributed by atoms with Crippen molar-refractivity contribution in [2.24, 2.45) is 0 Å². The molecule has 1 aliphatic heterocycles. The maximum atomic E-state index is 13.5. The second kappa shape index (κ2) is 7.19. The summed E-state index contributed by atoms with van der Waals surface area (Å²) in [7, 11) is 0. The maximum absolute atomic E-state index is 13.5. The molecule has 0 bridgehead atoms. The minimum absolute atomic E-state index is 0.165. The summed E-state index contributed by atoms with van der Waals surface area (Å²) < 4.78 is 19.9. The molecule has 18 heavy (non-hydrogen) atoms. The van der Waals surface area contributed by atoms with Crippen molar-refractivity contribution in [3.63, 3.8) is 0 Å². The van der Waals surface area contributed by atoms with Gasteiger partial charge < -0.3 is 15.4 Å². The van der Waals surface area contributed by atoms with Crippen molar-refractivity contribution >= 4 is 15.9 Å². The Kier molecular flexibility index (Phi) is 5.56. The van der Waals surface area contributed by atoms with Crippen LogP contribution in [0.5, 0.6) is 0 Å². The third-order valence-electron chi connectivity index (χ3n) is 2.97. The van der Waals surface area contributed by atoms with Crippen LogP contribution < -0.4 is 10.6 Å². The number of rotatable bonds is 5. The first-order valence-electron chi connectivity index (χ1n) is 6.22. The first-order valence-corrected chi connectivity index (χ1v) is 7.02. The molecular formula is C13H18BrFN2O. The SMILES string of the molecule is Fc1ccc(Br)cc1CNCCC1CNCCO1. The highest BCUT2D eigenvalue weighted by molar-refractivity contribution is 9.10. The van der Waals surface area contributed by atoms with E-state index in [1.54, 1.807) is 12.1 Å². The van der Waals surface area contributed by atoms with Crippen LogP contribution in [-0.4, -0.2) is 32.3 Å². The number of hydrogen-bond donors (Lipinski definition) is 2. The van der Waals surface area contributed by atoms with Crippen LogP contribution in [0.3, 0.4) is 0 Å². The van der Waals surface area contributed by atoms with Gasteiger partial charge in [-0.3, -0.25) is 0 Å². The number of hydrogen-bond acceptors (Lipinski definition) is 3. The van der Waals surface area contributed by atoms with Crippen molar-refractivity contribution in [2.45, 2.75) is 19.1 Å². The first kappa shape index (κ1) is 13.9. The Morgan fingerprint density at radius 1 is 1.50 bits per heavy atom. The Bertz CT molecular complexity index is 383. The molecule has 2 rings (SSSR count). The summed E-state index contributed by atoms with van der Waals surface area (Å²) in [6.45, 7) is 4.01. The van der Waals surface area contributed by atoms with Gasteiger partial charge in [-0.15, -0.1) is 0 Å². The van der Waals surface area contributed by atoms with Crippen molar-refractivity contribution in [3.05, 3.63) is 34.1 Å². The van der Waals surface area contributed by atoms with Crippen LogP contribution in [0.2, 0.25) is 0 Å². The standard InChI is InChI=1S/C13H18BrFN2O/c14-11-1-2-13(15)10(7-11)8-16-4-3-12-9-17-5-6-18-12/h1-2,7,12,16-17H,3-6,8-9H2. The van der Waals surface area contributed by atoms with E-state index in [0.717, 1.165) is 37.1 Å². The molecule has 1 atom stereocenters. The highest BCUT2D eigenvalue weighted by atomic mass is 79.9. The summed E-state index contributed by atoms with van der Waals surface area (Å²) in [4.78, 5) is 0. The fraction of sp³-hybridized carbons (Fsp3) is 0.538. The van der Waals surface area contributed by atoms with Gasteiger partial charge >= 0.3 is 0 Å². The van der Waals surface area contributed by atoms with Gasteiger partial charge in [0.25, 0.3) is 0 Å². The fourth-order valence-electron chi connectivity index (χ4n) is 1.97. The second-order valence-electron chi connectivity index (χ2n) is 4.40. The predicted molar refractivity (Wildman–Crippen MR) is 73.0 cm³/mol. The molecule has 2 N–H and O–H groups in total. The molecule has 0 aliphatic carbocycles. The van der Waals surface area contributed by atoms with E-state index >= 15 is 0 Å². The van der Waals surface area contributed by atoms with E-state index in [0.29, 0.717) is 12.1 Å². The molecule has 0 spiro atoms. The Balaban J connectivity index is 1.69. The minimum Gasteiger partial charge on any atom is -0.376 e. The topological polar surface area (TPSA) is 33.3 Å². The van der Waals surface area contributed by atoms with Gasteiger partial charge in [-0.05, 0) is 31.2 Å². The lowest BCUT2D eigenvalue weighted by Gasteiger charge is -2.23. The molecule has 3 nitrogen and oxygen atoms in total. The van der Waals surface area contributed by atoms with Gasteiger partial charge in [0.1, 0.15) is 5.82 Å². The zero-order valence-electron chi connectivity index (χ0n) is 10.2. The van der Waals surface area contributed by atoms with E-state index in [4.69, 9.17) is 4.74 Å². The van der Waals surface area contributed by atoms with Crippen LogP contribution in [0.25, 0.3) is 0 Å². The van der Waals surface area contributed by atoms with E-state index in [2.05, 4.69) is 26.6 Å². The third-order valence-corrected chi connectivity index (χ3v) is 3.46. The highest BCUT2D eigenvalue weighted by Gasteiger charge is 2.12. The molecule has 5 heteroatoms. The van der Waals surface area contributed by atoms with Gasteiger partial charge in [0.2, 0.25) is 0 Å². The lowest BCUT2D eigenvalue weighted by molar-refractivity contribution is 0.0238. The molecule has 1 aromatic carbocycles. The number of ether oxygens (including phenoxy) is 1. The summed E-state index contributed by atoms with van der Waals surface area (Å²) in [6.07, 6.45) is 1.22. The number of morpholine rings is 1. The predicted octanol–water partition coefficient (Wildman–Crippen LogP) is 2.06. The zero-order valence-corrected chi connectivity index (χ0v) is 11.8. The average Bonchev–Trinajstić information content (AvgIpc) is 2.40. The Morgan fingerprint density at radius 2 is 2.39 bits per heavy atom. The molecule has 1 fully saturated rings. The average molecular weight is 317 g/mol. The number of benzene rings is 1. The van der Waals surface area contributed by atoms with E-state index in [-0.39, 0.29) is 11.9 Å². The smallest absolute Gasteiger partial charge is 0.127 e. The maximum Gasteiger partial charge on any atom is 0.127 e. The molecule has 0 amide bonds. The summed E-state index contributed by atoms with van der Waals surface area (Å²) in [5.41, 5.74) is 0.687. The van der Waals surface area contributed by atoms with E-state index in [1.807, 2.05) is 0 Å². The van der Waals surface area contributed by atoms with E-state index in [9.17, 15) is 4.39 Å². The Hall–Kier alpha value is -0.490. The van der Waals surface area contributed by atoms with Crippen LogP contribution in [0, 0.1) is 5.82 Å². The zero-order chi connectivity index (χ0) is 12.8.